The summed E-state index contributed by atoms with van der Waals surface area (Å²) in [5, 5.41) is 7.44. The lowest BCUT2D eigenvalue weighted by Crippen LogP contribution is -2.16. The van der Waals surface area contributed by atoms with Gasteiger partial charge in [0.25, 0.3) is 0 Å². The number of methoxy groups -OCH3 is 1. The zero-order valence-electron chi connectivity index (χ0n) is 15.0. The Balaban J connectivity index is 1.66. The van der Waals surface area contributed by atoms with Crippen molar-refractivity contribution in [3.05, 3.63) is 65.9 Å². The number of ether oxygens (including phenoxy) is 1. The molecular formula is C20H21N3O2S. The van der Waals surface area contributed by atoms with Crippen LogP contribution in [0.3, 0.4) is 0 Å². The van der Waals surface area contributed by atoms with Crippen molar-refractivity contribution >= 4 is 23.5 Å². The van der Waals surface area contributed by atoms with E-state index in [0.717, 1.165) is 22.0 Å². The zero-order chi connectivity index (χ0) is 18.5. The minimum Gasteiger partial charge on any atom is -0.497 e. The largest absolute Gasteiger partial charge is 0.497 e. The molecule has 1 amide bonds. The average Bonchev–Trinajstić information content (AvgIpc) is 3.01. The van der Waals surface area contributed by atoms with Crippen molar-refractivity contribution in [2.75, 3.05) is 18.2 Å². The number of carbonyl (C=O) groups excluding carboxylic acids is 1. The predicted molar refractivity (Wildman–Crippen MR) is 105 cm³/mol. The highest BCUT2D eigenvalue weighted by molar-refractivity contribution is 8.00. The van der Waals surface area contributed by atoms with Crippen LogP contribution < -0.4 is 10.1 Å². The summed E-state index contributed by atoms with van der Waals surface area (Å²) in [7, 11) is 1.63. The van der Waals surface area contributed by atoms with Gasteiger partial charge in [-0.25, -0.2) is 4.68 Å². The molecule has 134 valence electrons. The second-order valence-electron chi connectivity index (χ2n) is 5.93. The third-order valence-corrected chi connectivity index (χ3v) is 4.82. The number of carbonyl (C=O) groups is 1. The number of rotatable bonds is 6. The first-order valence-electron chi connectivity index (χ1n) is 8.25. The van der Waals surface area contributed by atoms with Crippen molar-refractivity contribution in [2.45, 2.75) is 18.7 Å². The summed E-state index contributed by atoms with van der Waals surface area (Å²) in [5.41, 5.74) is 2.95. The van der Waals surface area contributed by atoms with Crippen LogP contribution in [0.15, 0.2) is 59.5 Å². The monoisotopic (exact) mass is 367 g/mol. The van der Waals surface area contributed by atoms with Crippen LogP contribution >= 0.6 is 11.8 Å². The predicted octanol–water partition coefficient (Wildman–Crippen LogP) is 4.23. The summed E-state index contributed by atoms with van der Waals surface area (Å²) in [6, 6.07) is 17.6. The third kappa shape index (κ3) is 4.46. The van der Waals surface area contributed by atoms with Gasteiger partial charge in [-0.1, -0.05) is 17.7 Å². The number of anilines is 1. The molecule has 0 spiro atoms. The number of aryl methyl sites for hydroxylation is 2. The van der Waals surface area contributed by atoms with E-state index in [9.17, 15) is 4.79 Å². The standard InChI is InChI=1S/C20H21N3O2S/c1-14-4-6-16(7-5-14)23-19(12-15(2)22-23)21-20(24)13-26-18-10-8-17(25-3)9-11-18/h4-12H,13H2,1-3H3,(H,21,24). The van der Waals surface area contributed by atoms with Crippen LogP contribution in [-0.2, 0) is 4.79 Å². The number of thioether (sulfide) groups is 1. The topological polar surface area (TPSA) is 56.1 Å². The van der Waals surface area contributed by atoms with Gasteiger partial charge in [-0.05, 0) is 50.2 Å². The first-order chi connectivity index (χ1) is 12.5. The van der Waals surface area contributed by atoms with Gasteiger partial charge in [-0.2, -0.15) is 5.10 Å². The third-order valence-electron chi connectivity index (χ3n) is 3.81. The van der Waals surface area contributed by atoms with Crippen LogP contribution in [-0.4, -0.2) is 28.6 Å². The highest BCUT2D eigenvalue weighted by Gasteiger charge is 2.11. The van der Waals surface area contributed by atoms with E-state index in [-0.39, 0.29) is 5.91 Å². The van der Waals surface area contributed by atoms with Gasteiger partial charge in [0.2, 0.25) is 5.91 Å². The van der Waals surface area contributed by atoms with Crippen LogP contribution in [0.1, 0.15) is 11.3 Å². The first kappa shape index (κ1) is 18.1. The van der Waals surface area contributed by atoms with Crippen molar-refractivity contribution in [3.63, 3.8) is 0 Å². The van der Waals surface area contributed by atoms with Gasteiger partial charge in [-0.15, -0.1) is 11.8 Å². The maximum atomic E-state index is 12.4. The van der Waals surface area contributed by atoms with Gasteiger partial charge >= 0.3 is 0 Å². The van der Waals surface area contributed by atoms with Crippen molar-refractivity contribution in [2.24, 2.45) is 0 Å². The van der Waals surface area contributed by atoms with Crippen LogP contribution in [0.5, 0.6) is 5.75 Å². The number of nitrogens with one attached hydrogen (secondary N) is 1. The molecule has 3 aromatic rings. The van der Waals surface area contributed by atoms with E-state index in [1.165, 1.54) is 17.3 Å². The molecule has 0 saturated heterocycles. The lowest BCUT2D eigenvalue weighted by molar-refractivity contribution is -0.113. The van der Waals surface area contributed by atoms with E-state index in [1.54, 1.807) is 11.8 Å². The molecular weight excluding hydrogens is 346 g/mol. The minimum absolute atomic E-state index is 0.0703. The van der Waals surface area contributed by atoms with Crippen LogP contribution in [0.25, 0.3) is 5.69 Å². The van der Waals surface area contributed by atoms with Gasteiger partial charge in [0.1, 0.15) is 11.6 Å². The molecule has 0 saturated carbocycles. The van der Waals surface area contributed by atoms with E-state index >= 15 is 0 Å². The van der Waals surface area contributed by atoms with Crippen molar-refractivity contribution in [1.82, 2.24) is 9.78 Å². The fraction of sp³-hybridized carbons (Fsp3) is 0.200. The number of aromatic nitrogens is 2. The molecule has 0 fully saturated rings. The number of hydrogen-bond donors (Lipinski definition) is 1. The highest BCUT2D eigenvalue weighted by Crippen LogP contribution is 2.22. The summed E-state index contributed by atoms with van der Waals surface area (Å²) in [4.78, 5) is 13.4. The second kappa shape index (κ2) is 8.10. The Morgan fingerprint density at radius 2 is 1.81 bits per heavy atom. The molecule has 0 bridgehead atoms. The van der Waals surface area contributed by atoms with Gasteiger partial charge < -0.3 is 10.1 Å². The van der Waals surface area contributed by atoms with E-state index in [4.69, 9.17) is 4.74 Å². The lowest BCUT2D eigenvalue weighted by Gasteiger charge is -2.09. The average molecular weight is 367 g/mol. The molecule has 0 unspecified atom stereocenters. The summed E-state index contributed by atoms with van der Waals surface area (Å²) in [5.74, 6) is 1.73. The SMILES string of the molecule is COc1ccc(SCC(=O)Nc2cc(C)nn2-c2ccc(C)cc2)cc1. The van der Waals surface area contributed by atoms with Crippen molar-refractivity contribution in [1.29, 1.82) is 0 Å². The molecule has 0 radical (unpaired) electrons. The Morgan fingerprint density at radius 3 is 2.46 bits per heavy atom. The molecule has 1 N–H and O–H groups in total. The smallest absolute Gasteiger partial charge is 0.235 e. The minimum atomic E-state index is -0.0703. The number of nitrogens with zero attached hydrogens (tertiary/aromatic N) is 2. The molecule has 26 heavy (non-hydrogen) atoms. The van der Waals surface area contributed by atoms with Crippen LogP contribution in [0.2, 0.25) is 0 Å². The molecule has 0 atom stereocenters. The summed E-state index contributed by atoms with van der Waals surface area (Å²) in [6.07, 6.45) is 0. The van der Waals surface area contributed by atoms with E-state index in [2.05, 4.69) is 10.4 Å². The van der Waals surface area contributed by atoms with E-state index in [1.807, 2.05) is 68.4 Å². The van der Waals surface area contributed by atoms with Gasteiger partial charge in [0, 0.05) is 11.0 Å². The second-order valence-corrected chi connectivity index (χ2v) is 6.98. The quantitative estimate of drug-likeness (QED) is 0.663. The van der Waals surface area contributed by atoms with Gasteiger partial charge in [0.15, 0.2) is 0 Å². The molecule has 0 aliphatic heterocycles. The molecule has 6 heteroatoms. The molecule has 0 aliphatic carbocycles. The highest BCUT2D eigenvalue weighted by atomic mass is 32.2. The normalized spacial score (nSPS) is 10.6. The fourth-order valence-electron chi connectivity index (χ4n) is 2.47. The molecule has 5 nitrogen and oxygen atoms in total. The maximum absolute atomic E-state index is 12.4. The van der Waals surface area contributed by atoms with Crippen LogP contribution in [0, 0.1) is 13.8 Å². The number of hydrogen-bond acceptors (Lipinski definition) is 4. The molecule has 1 heterocycles. The van der Waals surface area contributed by atoms with Crippen molar-refractivity contribution < 1.29 is 9.53 Å². The molecule has 0 aliphatic rings. The Bertz CT molecular complexity index is 886. The summed E-state index contributed by atoms with van der Waals surface area (Å²) < 4.78 is 6.90. The Kier molecular flexibility index (Phi) is 5.63. The molecule has 3 rings (SSSR count). The Morgan fingerprint density at radius 1 is 1.12 bits per heavy atom. The maximum Gasteiger partial charge on any atom is 0.235 e. The van der Waals surface area contributed by atoms with Crippen molar-refractivity contribution in [3.8, 4) is 11.4 Å². The van der Waals surface area contributed by atoms with E-state index < -0.39 is 0 Å². The van der Waals surface area contributed by atoms with Gasteiger partial charge in [-0.3, -0.25) is 4.79 Å². The van der Waals surface area contributed by atoms with Crippen LogP contribution in [0.4, 0.5) is 5.82 Å². The molecule has 1 aromatic heterocycles. The molecule has 2 aromatic carbocycles. The summed E-state index contributed by atoms with van der Waals surface area (Å²) in [6.45, 7) is 3.95. The number of benzene rings is 2. The fourth-order valence-corrected chi connectivity index (χ4v) is 3.17. The number of amides is 1. The van der Waals surface area contributed by atoms with E-state index in [0.29, 0.717) is 11.6 Å². The summed E-state index contributed by atoms with van der Waals surface area (Å²) >= 11 is 1.48. The van der Waals surface area contributed by atoms with Gasteiger partial charge in [0.05, 0.1) is 24.2 Å². The lowest BCUT2D eigenvalue weighted by atomic mass is 10.2. The first-order valence-corrected chi connectivity index (χ1v) is 9.24. The Labute approximate surface area is 157 Å². The zero-order valence-corrected chi connectivity index (χ0v) is 15.8. The Hall–Kier alpha value is -2.73.